The van der Waals surface area contributed by atoms with Gasteiger partial charge >= 0.3 is 0 Å². The SMILES string of the molecule is C[C@@H]1C[C@@H](O)[C@H](CF)N2CN1n1cc(C(=O)NCc3c(F)cc(F)cc3F)c(=O)c(OCc3ccccc3)c1C2=O. The molecule has 3 aromatic rings. The molecule has 2 aliphatic rings. The summed E-state index contributed by atoms with van der Waals surface area (Å²) in [7, 11) is 0. The second-order valence-electron chi connectivity index (χ2n) is 9.93. The number of aliphatic hydroxyl groups excluding tert-OH is 1. The lowest BCUT2D eigenvalue weighted by Gasteiger charge is -2.42. The molecule has 0 spiro atoms. The number of carbonyl (C=O) groups is 2. The second-order valence-corrected chi connectivity index (χ2v) is 9.93. The van der Waals surface area contributed by atoms with E-state index in [2.05, 4.69) is 5.32 Å². The first-order chi connectivity index (χ1) is 19.6. The fourth-order valence-corrected chi connectivity index (χ4v) is 5.06. The molecular formula is C28H26F4N4O5. The summed E-state index contributed by atoms with van der Waals surface area (Å²) in [6.45, 7) is -0.293. The minimum atomic E-state index is -1.22. The Balaban J connectivity index is 1.58. The Hall–Kier alpha value is -4.39. The van der Waals surface area contributed by atoms with Gasteiger partial charge < -0.3 is 20.1 Å². The van der Waals surface area contributed by atoms with E-state index in [0.717, 1.165) is 11.1 Å². The maximum absolute atomic E-state index is 14.1. The normalized spacial score (nSPS) is 20.0. The van der Waals surface area contributed by atoms with E-state index in [1.807, 2.05) is 0 Å². The smallest absolute Gasteiger partial charge is 0.278 e. The van der Waals surface area contributed by atoms with Crippen molar-refractivity contribution in [3.8, 4) is 5.75 Å². The van der Waals surface area contributed by atoms with Gasteiger partial charge in [0, 0.05) is 36.5 Å². The number of alkyl halides is 1. The number of aliphatic hydroxyl groups is 1. The third-order valence-corrected chi connectivity index (χ3v) is 7.28. The summed E-state index contributed by atoms with van der Waals surface area (Å²) in [5, 5.41) is 14.5. The zero-order valence-corrected chi connectivity index (χ0v) is 21.8. The number of nitrogens with one attached hydrogen (secondary N) is 1. The lowest BCUT2D eigenvalue weighted by Crippen LogP contribution is -2.59. The van der Waals surface area contributed by atoms with E-state index < -0.39 is 83.0 Å². The lowest BCUT2D eigenvalue weighted by molar-refractivity contribution is 0.0284. The Morgan fingerprint density at radius 1 is 1.12 bits per heavy atom. The van der Waals surface area contributed by atoms with E-state index in [-0.39, 0.29) is 25.4 Å². The molecule has 2 N–H and O–H groups in total. The minimum Gasteiger partial charge on any atom is -0.482 e. The quantitative estimate of drug-likeness (QED) is 0.421. The molecule has 41 heavy (non-hydrogen) atoms. The number of carbonyl (C=O) groups excluding carboxylic acids is 2. The fraction of sp³-hybridized carbons (Fsp3) is 0.321. The molecule has 2 aromatic carbocycles. The van der Waals surface area contributed by atoms with Crippen molar-refractivity contribution in [1.82, 2.24) is 14.9 Å². The molecule has 3 heterocycles. The molecule has 2 amide bonds. The van der Waals surface area contributed by atoms with Crippen molar-refractivity contribution in [3.05, 3.63) is 98.7 Å². The Kier molecular flexibility index (Phi) is 7.72. The summed E-state index contributed by atoms with van der Waals surface area (Å²) in [5.41, 5.74) is -1.71. The van der Waals surface area contributed by atoms with Crippen molar-refractivity contribution in [3.63, 3.8) is 0 Å². The summed E-state index contributed by atoms with van der Waals surface area (Å²) < 4.78 is 62.7. The number of ether oxygens (including phenoxy) is 1. The van der Waals surface area contributed by atoms with Gasteiger partial charge in [0.25, 0.3) is 11.8 Å². The molecule has 9 nitrogen and oxygen atoms in total. The van der Waals surface area contributed by atoms with Crippen molar-refractivity contribution in [1.29, 1.82) is 0 Å². The molecule has 2 aliphatic heterocycles. The van der Waals surface area contributed by atoms with Crippen LogP contribution in [-0.4, -0.2) is 58.0 Å². The molecule has 2 bridgehead atoms. The largest absolute Gasteiger partial charge is 0.482 e. The molecule has 0 saturated carbocycles. The van der Waals surface area contributed by atoms with Gasteiger partial charge in [-0.3, -0.25) is 24.1 Å². The predicted molar refractivity (Wildman–Crippen MR) is 138 cm³/mol. The van der Waals surface area contributed by atoms with E-state index in [9.17, 15) is 37.1 Å². The monoisotopic (exact) mass is 574 g/mol. The number of fused-ring (bicyclic) bond motifs is 4. The average Bonchev–Trinajstić information content (AvgIpc) is 3.04. The Labute approximate surface area is 231 Å². The Morgan fingerprint density at radius 3 is 2.46 bits per heavy atom. The number of halogens is 4. The highest BCUT2D eigenvalue weighted by Gasteiger charge is 2.44. The molecule has 13 heteroatoms. The number of aromatic nitrogens is 1. The second kappa shape index (κ2) is 11.2. The van der Waals surface area contributed by atoms with Crippen LogP contribution in [0.3, 0.4) is 0 Å². The van der Waals surface area contributed by atoms with E-state index in [1.54, 1.807) is 42.3 Å². The summed E-state index contributed by atoms with van der Waals surface area (Å²) in [6, 6.07) is 7.99. The van der Waals surface area contributed by atoms with E-state index in [1.165, 1.54) is 4.68 Å². The summed E-state index contributed by atoms with van der Waals surface area (Å²) in [6.07, 6.45) is -0.00912. The van der Waals surface area contributed by atoms with Crippen LogP contribution in [0.5, 0.6) is 5.75 Å². The molecule has 5 rings (SSSR count). The first-order valence-corrected chi connectivity index (χ1v) is 12.8. The van der Waals surface area contributed by atoms with Gasteiger partial charge in [0.15, 0.2) is 11.4 Å². The van der Waals surface area contributed by atoms with Crippen molar-refractivity contribution in [2.75, 3.05) is 18.4 Å². The molecule has 1 saturated heterocycles. The maximum Gasteiger partial charge on any atom is 0.278 e. The predicted octanol–water partition coefficient (Wildman–Crippen LogP) is 2.62. The molecular weight excluding hydrogens is 548 g/mol. The van der Waals surface area contributed by atoms with Crippen LogP contribution in [-0.2, 0) is 13.2 Å². The van der Waals surface area contributed by atoms with Gasteiger partial charge in [-0.15, -0.1) is 0 Å². The average molecular weight is 575 g/mol. The lowest BCUT2D eigenvalue weighted by atomic mass is 10.0. The van der Waals surface area contributed by atoms with Crippen LogP contribution in [0, 0.1) is 17.5 Å². The van der Waals surface area contributed by atoms with Gasteiger partial charge in [0.1, 0.15) is 43.0 Å². The zero-order valence-electron chi connectivity index (χ0n) is 21.8. The summed E-state index contributed by atoms with van der Waals surface area (Å²) in [4.78, 5) is 41.6. The first kappa shape index (κ1) is 28.1. The third kappa shape index (κ3) is 5.24. The topological polar surface area (TPSA) is 104 Å². The number of amides is 2. The van der Waals surface area contributed by atoms with Crippen LogP contribution in [0.15, 0.2) is 53.5 Å². The van der Waals surface area contributed by atoms with E-state index in [0.29, 0.717) is 17.7 Å². The Morgan fingerprint density at radius 2 is 1.80 bits per heavy atom. The number of hydrogen-bond acceptors (Lipinski definition) is 6. The van der Waals surface area contributed by atoms with Crippen molar-refractivity contribution in [2.24, 2.45) is 0 Å². The summed E-state index contributed by atoms with van der Waals surface area (Å²) >= 11 is 0. The molecule has 0 radical (unpaired) electrons. The van der Waals surface area contributed by atoms with Gasteiger partial charge in [-0.25, -0.2) is 17.6 Å². The first-order valence-electron chi connectivity index (χ1n) is 12.8. The van der Waals surface area contributed by atoms with Gasteiger partial charge in [-0.1, -0.05) is 30.3 Å². The van der Waals surface area contributed by atoms with Crippen LogP contribution in [0.25, 0.3) is 0 Å². The van der Waals surface area contributed by atoms with Crippen LogP contribution in [0.1, 0.15) is 45.3 Å². The third-order valence-electron chi connectivity index (χ3n) is 7.28. The minimum absolute atomic E-state index is 0.0782. The highest BCUT2D eigenvalue weighted by atomic mass is 19.1. The molecule has 1 fully saturated rings. The van der Waals surface area contributed by atoms with Gasteiger partial charge in [-0.05, 0) is 18.9 Å². The molecule has 0 unspecified atom stereocenters. The van der Waals surface area contributed by atoms with Crippen LogP contribution in [0.2, 0.25) is 0 Å². The number of rotatable bonds is 7. The standard InChI is InChI=1S/C28H26F4N4O5/c1-15-7-23(37)22(10-29)34-14-36(15)35-12-19(27(39)33-11-18-20(31)8-17(30)9-21(18)32)25(38)26(24(35)28(34)40)41-13-16-5-3-2-4-6-16/h2-6,8-9,12,15,22-23,37H,7,10-11,13-14H2,1H3,(H,33,39)/t15-,22+,23-/m1/s1. The Bertz CT molecular complexity index is 1530. The molecule has 216 valence electrons. The molecule has 3 atom stereocenters. The zero-order chi connectivity index (χ0) is 29.4. The molecule has 0 aliphatic carbocycles. The van der Waals surface area contributed by atoms with Crippen LogP contribution < -0.4 is 20.5 Å². The van der Waals surface area contributed by atoms with Crippen LogP contribution >= 0.6 is 0 Å². The highest BCUT2D eigenvalue weighted by molar-refractivity contribution is 5.99. The number of nitrogens with zero attached hydrogens (tertiary/aromatic N) is 3. The van der Waals surface area contributed by atoms with Gasteiger partial charge in [0.05, 0.1) is 12.1 Å². The number of pyridine rings is 1. The van der Waals surface area contributed by atoms with E-state index >= 15 is 0 Å². The highest BCUT2D eigenvalue weighted by Crippen LogP contribution is 2.30. The van der Waals surface area contributed by atoms with Crippen LogP contribution in [0.4, 0.5) is 17.6 Å². The molecule has 1 aromatic heterocycles. The van der Waals surface area contributed by atoms with Gasteiger partial charge in [0.2, 0.25) is 5.43 Å². The van der Waals surface area contributed by atoms with Crippen molar-refractivity contribution in [2.45, 2.75) is 44.7 Å². The fourth-order valence-electron chi connectivity index (χ4n) is 5.06. The van der Waals surface area contributed by atoms with Crippen molar-refractivity contribution < 1.29 is 37.0 Å². The van der Waals surface area contributed by atoms with E-state index in [4.69, 9.17) is 4.74 Å². The maximum atomic E-state index is 14.1. The van der Waals surface area contributed by atoms with Gasteiger partial charge in [-0.2, -0.15) is 0 Å². The summed E-state index contributed by atoms with van der Waals surface area (Å²) in [5.74, 6) is -5.87. The number of benzene rings is 2. The number of hydrogen-bond donors (Lipinski definition) is 2. The van der Waals surface area contributed by atoms with Crippen molar-refractivity contribution >= 4 is 11.8 Å².